The van der Waals surface area contributed by atoms with Gasteiger partial charge in [0.05, 0.1) is 22.8 Å². The van der Waals surface area contributed by atoms with Gasteiger partial charge in [0, 0.05) is 5.02 Å². The molecule has 0 atom stereocenters. The number of hydrogen-bond donors (Lipinski definition) is 1. The van der Waals surface area contributed by atoms with E-state index in [1.165, 1.54) is 18.2 Å². The lowest BCUT2D eigenvalue weighted by atomic mass is 10.1. The second kappa shape index (κ2) is 13.4. The largest absolute Gasteiger partial charge is 0.493 e. The van der Waals surface area contributed by atoms with E-state index in [0.717, 1.165) is 16.0 Å². The highest BCUT2D eigenvalue weighted by molar-refractivity contribution is 6.40. The summed E-state index contributed by atoms with van der Waals surface area (Å²) in [4.78, 5) is 39.4. The molecule has 1 heterocycles. The molecule has 44 heavy (non-hydrogen) atoms. The monoisotopic (exact) mass is 650 g/mol. The van der Waals surface area contributed by atoms with Gasteiger partial charge in [0.25, 0.3) is 11.8 Å². The third-order valence-electron chi connectivity index (χ3n) is 6.76. The lowest BCUT2D eigenvalue weighted by Crippen LogP contribution is -2.54. The first-order valence-corrected chi connectivity index (χ1v) is 14.4. The number of nitrogens with zero attached hydrogens (tertiary/aromatic N) is 1. The number of benzene rings is 4. The summed E-state index contributed by atoms with van der Waals surface area (Å²) in [6.07, 6.45) is 1.30. The van der Waals surface area contributed by atoms with Gasteiger partial charge in [-0.1, -0.05) is 77.3 Å². The predicted octanol–water partition coefficient (Wildman–Crippen LogP) is 7.79. The summed E-state index contributed by atoms with van der Waals surface area (Å²) >= 11 is 19.2. The van der Waals surface area contributed by atoms with E-state index in [4.69, 9.17) is 49.0 Å². The quantitative estimate of drug-likeness (QED) is 0.147. The number of carbonyl (C=O) groups is 3. The average Bonchev–Trinajstić information content (AvgIpc) is 3.00. The van der Waals surface area contributed by atoms with Gasteiger partial charge in [-0.25, -0.2) is 9.69 Å². The molecule has 0 bridgehead atoms. The zero-order valence-electron chi connectivity index (χ0n) is 23.5. The number of halogens is 3. The number of anilines is 1. The number of ether oxygens (including phenoxy) is 3. The van der Waals surface area contributed by atoms with Crippen molar-refractivity contribution in [2.24, 2.45) is 0 Å². The summed E-state index contributed by atoms with van der Waals surface area (Å²) in [5.74, 6) is -0.335. The normalized spacial score (nSPS) is 14.1. The maximum atomic E-state index is 13.3. The number of barbiturate groups is 1. The first-order valence-electron chi connectivity index (χ1n) is 13.3. The minimum Gasteiger partial charge on any atom is -0.493 e. The molecule has 1 aliphatic rings. The van der Waals surface area contributed by atoms with Crippen molar-refractivity contribution in [2.45, 2.75) is 20.1 Å². The Labute approximate surface area is 268 Å². The van der Waals surface area contributed by atoms with E-state index in [-0.39, 0.29) is 33.7 Å². The van der Waals surface area contributed by atoms with E-state index in [1.54, 1.807) is 44.4 Å². The minimum atomic E-state index is -0.880. The molecule has 4 aromatic rings. The Bertz CT molecular complexity index is 1770. The molecular weight excluding hydrogens is 627 g/mol. The second-order valence-electron chi connectivity index (χ2n) is 9.70. The molecule has 8 nitrogen and oxygen atoms in total. The number of hydrogen-bond acceptors (Lipinski definition) is 6. The van der Waals surface area contributed by atoms with Crippen molar-refractivity contribution in [3.63, 3.8) is 0 Å². The van der Waals surface area contributed by atoms with Gasteiger partial charge < -0.3 is 14.2 Å². The number of nitrogens with one attached hydrogen (secondary N) is 1. The van der Waals surface area contributed by atoms with Crippen LogP contribution in [0.4, 0.5) is 10.5 Å². The smallest absolute Gasteiger partial charge is 0.335 e. The SMILES string of the molecule is COc1cc(COc2c(Cl)cc(/C=C3/C(=O)NC(=O)N(c4cccc(Cl)c4C)C3=O)cc2Cl)ccc1OCc1ccccc1. The standard InChI is InChI=1S/C33H25Cl3N2O6/c1-19-24(34)9-6-10-27(19)38-32(40)23(31(39)37-33(38)41)13-22-14-25(35)30(26(36)15-22)44-18-21-11-12-28(29(16-21)42-2)43-17-20-7-4-3-5-8-20/h3-16H,17-18H2,1-2H3,(H,37,39,41)/b23-13-. The van der Waals surface area contributed by atoms with E-state index in [2.05, 4.69) is 5.32 Å². The van der Waals surface area contributed by atoms with Gasteiger partial charge in [0.15, 0.2) is 17.2 Å². The van der Waals surface area contributed by atoms with Crippen molar-refractivity contribution in [3.8, 4) is 17.2 Å². The summed E-state index contributed by atoms with van der Waals surface area (Å²) in [6.45, 7) is 2.18. The van der Waals surface area contributed by atoms with Crippen LogP contribution < -0.4 is 24.4 Å². The molecule has 0 spiro atoms. The van der Waals surface area contributed by atoms with Gasteiger partial charge in [-0.2, -0.15) is 0 Å². The molecule has 4 aromatic carbocycles. The Morgan fingerprint density at radius 2 is 1.48 bits per heavy atom. The van der Waals surface area contributed by atoms with Crippen LogP contribution in [0.1, 0.15) is 22.3 Å². The topological polar surface area (TPSA) is 94.2 Å². The molecule has 224 valence electrons. The van der Waals surface area contributed by atoms with Gasteiger partial charge in [-0.15, -0.1) is 0 Å². The molecule has 0 aromatic heterocycles. The number of carbonyl (C=O) groups excluding carboxylic acids is 3. The number of amides is 4. The molecule has 4 amide bonds. The Morgan fingerprint density at radius 1 is 0.773 bits per heavy atom. The molecule has 0 aliphatic carbocycles. The van der Waals surface area contributed by atoms with E-state index in [0.29, 0.717) is 34.3 Å². The zero-order valence-corrected chi connectivity index (χ0v) is 25.8. The van der Waals surface area contributed by atoms with Crippen LogP contribution in [0.3, 0.4) is 0 Å². The van der Waals surface area contributed by atoms with Crippen LogP contribution in [0, 0.1) is 6.92 Å². The summed E-state index contributed by atoms with van der Waals surface area (Å²) in [5, 5.41) is 2.86. The Morgan fingerprint density at radius 3 is 2.18 bits per heavy atom. The molecule has 0 radical (unpaired) electrons. The lowest BCUT2D eigenvalue weighted by molar-refractivity contribution is -0.122. The summed E-state index contributed by atoms with van der Waals surface area (Å²) in [6, 6.07) is 22.1. The van der Waals surface area contributed by atoms with Crippen molar-refractivity contribution in [3.05, 3.63) is 122 Å². The molecule has 1 saturated heterocycles. The highest BCUT2D eigenvalue weighted by Gasteiger charge is 2.37. The third-order valence-corrected chi connectivity index (χ3v) is 7.73. The number of imide groups is 2. The summed E-state index contributed by atoms with van der Waals surface area (Å²) in [7, 11) is 1.55. The highest BCUT2D eigenvalue weighted by Crippen LogP contribution is 2.37. The van der Waals surface area contributed by atoms with Crippen LogP contribution in [0.25, 0.3) is 6.08 Å². The molecule has 1 N–H and O–H groups in total. The third kappa shape index (κ3) is 6.68. The van der Waals surface area contributed by atoms with Gasteiger partial charge in [-0.3, -0.25) is 14.9 Å². The zero-order chi connectivity index (χ0) is 31.4. The second-order valence-corrected chi connectivity index (χ2v) is 10.9. The lowest BCUT2D eigenvalue weighted by Gasteiger charge is -2.27. The molecule has 5 rings (SSSR count). The molecule has 1 aliphatic heterocycles. The molecule has 0 unspecified atom stereocenters. The van der Waals surface area contributed by atoms with E-state index in [1.807, 2.05) is 36.4 Å². The fraction of sp³-hybridized carbons (Fsp3) is 0.121. The van der Waals surface area contributed by atoms with Crippen LogP contribution in [-0.2, 0) is 22.8 Å². The van der Waals surface area contributed by atoms with Crippen LogP contribution >= 0.6 is 34.8 Å². The van der Waals surface area contributed by atoms with Gasteiger partial charge in [0.2, 0.25) is 0 Å². The Kier molecular flexibility index (Phi) is 9.44. The van der Waals surface area contributed by atoms with Crippen LogP contribution in [-0.4, -0.2) is 25.0 Å². The van der Waals surface area contributed by atoms with Crippen LogP contribution in [0.15, 0.2) is 84.4 Å². The maximum Gasteiger partial charge on any atom is 0.335 e. The van der Waals surface area contributed by atoms with Gasteiger partial charge in [-0.05, 0) is 71.7 Å². The maximum absolute atomic E-state index is 13.3. The first-order chi connectivity index (χ1) is 21.2. The van der Waals surface area contributed by atoms with Gasteiger partial charge in [0.1, 0.15) is 18.8 Å². The van der Waals surface area contributed by atoms with E-state index >= 15 is 0 Å². The van der Waals surface area contributed by atoms with Crippen LogP contribution in [0.5, 0.6) is 17.2 Å². The summed E-state index contributed by atoms with van der Waals surface area (Å²) < 4.78 is 17.3. The molecule has 1 fully saturated rings. The first kappa shape index (κ1) is 30.9. The minimum absolute atomic E-state index is 0.117. The molecule has 0 saturated carbocycles. The Hall–Kier alpha value is -4.50. The van der Waals surface area contributed by atoms with E-state index < -0.39 is 17.8 Å². The van der Waals surface area contributed by atoms with Crippen LogP contribution in [0.2, 0.25) is 15.1 Å². The van der Waals surface area contributed by atoms with Crippen molar-refractivity contribution < 1.29 is 28.6 Å². The number of urea groups is 1. The van der Waals surface area contributed by atoms with Crippen molar-refractivity contribution in [1.82, 2.24) is 5.32 Å². The fourth-order valence-electron chi connectivity index (χ4n) is 4.49. The molecular formula is C33H25Cl3N2O6. The van der Waals surface area contributed by atoms with Crippen molar-refractivity contribution in [2.75, 3.05) is 12.0 Å². The fourth-order valence-corrected chi connectivity index (χ4v) is 5.28. The van der Waals surface area contributed by atoms with Gasteiger partial charge >= 0.3 is 6.03 Å². The van der Waals surface area contributed by atoms with E-state index in [9.17, 15) is 14.4 Å². The summed E-state index contributed by atoms with van der Waals surface area (Å²) in [5.41, 5.74) is 2.63. The van der Waals surface area contributed by atoms with Crippen molar-refractivity contribution >= 4 is 64.4 Å². The average molecular weight is 652 g/mol. The number of rotatable bonds is 9. The predicted molar refractivity (Wildman–Crippen MR) is 170 cm³/mol. The van der Waals surface area contributed by atoms with Crippen molar-refractivity contribution in [1.29, 1.82) is 0 Å². The number of methoxy groups -OCH3 is 1. The molecule has 11 heteroatoms. The highest BCUT2D eigenvalue weighted by atomic mass is 35.5. The Balaban J connectivity index is 1.32.